The summed E-state index contributed by atoms with van der Waals surface area (Å²) < 4.78 is 95.6. The van der Waals surface area contributed by atoms with Crippen LogP contribution >= 0.6 is 7.82 Å². The van der Waals surface area contributed by atoms with E-state index in [1.54, 1.807) is 38.1 Å². The van der Waals surface area contributed by atoms with E-state index in [9.17, 15) is 18.5 Å². The molecule has 218 valence electrons. The third kappa shape index (κ3) is 5.33. The topological polar surface area (TPSA) is 144 Å². The number of nitrogen functional groups attached to an aromatic ring is 1. The van der Waals surface area contributed by atoms with Crippen LogP contribution in [0.1, 0.15) is 17.4 Å². The maximum absolute atomic E-state index is 15.4. The molecule has 2 aromatic heterocycles. The van der Waals surface area contributed by atoms with E-state index in [-0.39, 0.29) is 28.5 Å². The molecular formula is C25H24F4N5O6P. The third-order valence-electron chi connectivity index (χ3n) is 6.42. The molecule has 0 spiro atoms. The Balaban J connectivity index is 1.48. The summed E-state index contributed by atoms with van der Waals surface area (Å²) >= 11 is 0. The average molecular weight is 597 g/mol. The number of aromatic nitrogens is 4. The highest BCUT2D eigenvalue weighted by atomic mass is 31.2. The predicted octanol–water partition coefficient (Wildman–Crippen LogP) is 4.84. The molecule has 1 aliphatic heterocycles. The SMILES string of the molecule is Cc1ccc(OP(=O)(OC[C@@]2(C(F)F)O[C@@H](n3cnc4c(N)ncnc43)C(F)(F)[C@@H]2O)Oc2ccc(C)cc2)cc1. The predicted molar refractivity (Wildman–Crippen MR) is 137 cm³/mol. The van der Waals surface area contributed by atoms with Crippen LogP contribution < -0.4 is 14.8 Å². The number of anilines is 1. The molecule has 1 aliphatic rings. The van der Waals surface area contributed by atoms with Crippen molar-refractivity contribution in [3.8, 4) is 11.5 Å². The zero-order valence-corrected chi connectivity index (χ0v) is 22.4. The molecule has 0 radical (unpaired) electrons. The molecule has 0 unspecified atom stereocenters. The van der Waals surface area contributed by atoms with Crippen molar-refractivity contribution in [2.45, 2.75) is 44.1 Å². The number of rotatable bonds is 9. The van der Waals surface area contributed by atoms with E-state index >= 15 is 8.78 Å². The fourth-order valence-electron chi connectivity index (χ4n) is 4.15. The molecule has 0 bridgehead atoms. The number of alkyl halides is 4. The van der Waals surface area contributed by atoms with Crippen LogP contribution in [0.5, 0.6) is 11.5 Å². The van der Waals surface area contributed by atoms with Gasteiger partial charge in [-0.25, -0.2) is 28.3 Å². The number of phosphoric acid groups is 1. The molecular weight excluding hydrogens is 573 g/mol. The lowest BCUT2D eigenvalue weighted by atomic mass is 9.96. The van der Waals surface area contributed by atoms with Crippen LogP contribution in [0.4, 0.5) is 23.4 Å². The van der Waals surface area contributed by atoms with Crippen molar-refractivity contribution in [1.82, 2.24) is 19.5 Å². The third-order valence-corrected chi connectivity index (χ3v) is 7.74. The first kappa shape index (κ1) is 28.7. The summed E-state index contributed by atoms with van der Waals surface area (Å²) in [6.45, 7) is 2.05. The minimum atomic E-state index is -4.85. The van der Waals surface area contributed by atoms with Crippen LogP contribution in [0.25, 0.3) is 11.2 Å². The van der Waals surface area contributed by atoms with E-state index in [1.807, 2.05) is 0 Å². The Morgan fingerprint density at radius 2 is 1.59 bits per heavy atom. The Labute approximate surface area is 230 Å². The highest BCUT2D eigenvalue weighted by molar-refractivity contribution is 7.49. The second-order valence-corrected chi connectivity index (χ2v) is 10.9. The van der Waals surface area contributed by atoms with Crippen molar-refractivity contribution in [2.24, 2.45) is 0 Å². The maximum atomic E-state index is 15.4. The largest absolute Gasteiger partial charge is 0.587 e. The highest BCUT2D eigenvalue weighted by Gasteiger charge is 2.71. The molecule has 0 saturated carbocycles. The summed E-state index contributed by atoms with van der Waals surface area (Å²) in [5.41, 5.74) is 3.64. The molecule has 3 heterocycles. The molecule has 0 aliphatic carbocycles. The first-order chi connectivity index (χ1) is 19.3. The zero-order valence-electron chi connectivity index (χ0n) is 21.5. The summed E-state index contributed by atoms with van der Waals surface area (Å²) in [6, 6.07) is 12.2. The lowest BCUT2D eigenvalue weighted by Gasteiger charge is -2.31. The smallest absolute Gasteiger partial charge is 0.395 e. The number of ether oxygens (including phenoxy) is 1. The van der Waals surface area contributed by atoms with Crippen molar-refractivity contribution >= 4 is 24.8 Å². The van der Waals surface area contributed by atoms with Gasteiger partial charge in [-0.3, -0.25) is 9.09 Å². The molecule has 5 rings (SSSR count). The summed E-state index contributed by atoms with van der Waals surface area (Å²) in [5.74, 6) is -4.51. The van der Waals surface area contributed by atoms with Crippen molar-refractivity contribution in [1.29, 1.82) is 0 Å². The molecule has 0 amide bonds. The molecule has 3 atom stereocenters. The van der Waals surface area contributed by atoms with Gasteiger partial charge in [0.15, 0.2) is 23.2 Å². The molecule has 11 nitrogen and oxygen atoms in total. The Bertz CT molecular complexity index is 1540. The number of benzene rings is 2. The van der Waals surface area contributed by atoms with E-state index in [1.165, 1.54) is 24.3 Å². The lowest BCUT2D eigenvalue weighted by molar-refractivity contribution is -0.192. The van der Waals surface area contributed by atoms with Gasteiger partial charge in [-0.2, -0.15) is 8.78 Å². The van der Waals surface area contributed by atoms with Crippen LogP contribution in [0.2, 0.25) is 0 Å². The zero-order chi connectivity index (χ0) is 29.6. The van der Waals surface area contributed by atoms with Crippen molar-refractivity contribution in [2.75, 3.05) is 12.3 Å². The number of fused-ring (bicyclic) bond motifs is 1. The molecule has 3 N–H and O–H groups in total. The normalized spacial score (nSPS) is 22.3. The molecule has 1 saturated heterocycles. The van der Waals surface area contributed by atoms with Gasteiger partial charge >= 0.3 is 13.7 Å². The van der Waals surface area contributed by atoms with Gasteiger partial charge in [0.05, 0.1) is 12.9 Å². The number of halogens is 4. The average Bonchev–Trinajstić information content (AvgIpc) is 3.44. The standard InChI is InChI=1S/C25H24F4N5O6P/c1-14-3-7-16(8-4-14)39-41(36,40-17-9-5-15(2)6-10-17)37-11-24(22(26)27)21(35)25(28,29)23(38-24)34-13-33-18-19(30)31-12-32-20(18)34/h3-10,12-13,21-23,35H,11H2,1-2H3,(H2,30,31,32)/t21-,23-,24-/m1/s1. The van der Waals surface area contributed by atoms with Crippen LogP contribution in [-0.4, -0.2) is 55.3 Å². The fourth-order valence-corrected chi connectivity index (χ4v) is 5.41. The molecule has 1 fully saturated rings. The number of hydrogen-bond acceptors (Lipinski definition) is 10. The minimum absolute atomic E-state index is 0.0182. The monoisotopic (exact) mass is 597 g/mol. The first-order valence-corrected chi connectivity index (χ1v) is 13.5. The molecule has 4 aromatic rings. The van der Waals surface area contributed by atoms with Crippen molar-refractivity contribution < 1.29 is 45.5 Å². The van der Waals surface area contributed by atoms with Crippen molar-refractivity contribution in [3.05, 3.63) is 72.3 Å². The van der Waals surface area contributed by atoms with Gasteiger partial charge in [-0.15, -0.1) is 0 Å². The number of nitrogens with zero attached hydrogens (tertiary/aromatic N) is 4. The van der Waals surface area contributed by atoms with Gasteiger partial charge in [0.25, 0.3) is 6.43 Å². The minimum Gasteiger partial charge on any atom is -0.395 e. The number of phosphoric ester groups is 1. The summed E-state index contributed by atoms with van der Waals surface area (Å²) in [7, 11) is -4.85. The fraction of sp³-hybridized carbons (Fsp3) is 0.320. The second kappa shape index (κ2) is 10.6. The Kier molecular flexibility index (Phi) is 7.40. The lowest BCUT2D eigenvalue weighted by Crippen LogP contribution is -2.54. The summed E-state index contributed by atoms with van der Waals surface area (Å²) in [5, 5.41) is 10.6. The number of hydrogen-bond donors (Lipinski definition) is 2. The van der Waals surface area contributed by atoms with Crippen molar-refractivity contribution in [3.63, 3.8) is 0 Å². The maximum Gasteiger partial charge on any atom is 0.587 e. The van der Waals surface area contributed by atoms with E-state index in [2.05, 4.69) is 15.0 Å². The Morgan fingerprint density at radius 3 is 2.12 bits per heavy atom. The number of nitrogens with two attached hydrogens (primary N) is 1. The molecule has 2 aromatic carbocycles. The van der Waals surface area contributed by atoms with Gasteiger partial charge < -0.3 is 24.6 Å². The van der Waals surface area contributed by atoms with Crippen LogP contribution in [0, 0.1) is 13.8 Å². The Morgan fingerprint density at radius 1 is 1.02 bits per heavy atom. The van der Waals surface area contributed by atoms with Gasteiger partial charge in [0.2, 0.25) is 6.23 Å². The summed E-state index contributed by atoms with van der Waals surface area (Å²) in [4.78, 5) is 11.4. The van der Waals surface area contributed by atoms with Crippen LogP contribution in [-0.2, 0) is 13.8 Å². The number of aliphatic hydroxyl groups excluding tert-OH is 1. The Hall–Kier alpha value is -3.78. The number of aliphatic hydroxyl groups is 1. The van der Waals surface area contributed by atoms with Crippen LogP contribution in [0.3, 0.4) is 0 Å². The summed E-state index contributed by atoms with van der Waals surface area (Å²) in [6.07, 6.45) is -7.61. The number of aryl methyl sites for hydroxylation is 2. The van der Waals surface area contributed by atoms with Crippen LogP contribution in [0.15, 0.2) is 61.2 Å². The highest BCUT2D eigenvalue weighted by Crippen LogP contribution is 2.55. The van der Waals surface area contributed by atoms with E-state index < -0.39 is 44.7 Å². The van der Waals surface area contributed by atoms with Gasteiger partial charge in [-0.1, -0.05) is 35.4 Å². The first-order valence-electron chi connectivity index (χ1n) is 12.1. The van der Waals surface area contributed by atoms with E-state index in [0.717, 1.165) is 23.8 Å². The van der Waals surface area contributed by atoms with E-state index in [0.29, 0.717) is 4.57 Å². The second-order valence-electron chi connectivity index (χ2n) is 9.42. The van der Waals surface area contributed by atoms with Gasteiger partial charge in [0, 0.05) is 0 Å². The van der Waals surface area contributed by atoms with Gasteiger partial charge in [-0.05, 0) is 38.1 Å². The number of imidazole rings is 1. The van der Waals surface area contributed by atoms with Gasteiger partial charge in [0.1, 0.15) is 23.3 Å². The van der Waals surface area contributed by atoms with E-state index in [4.69, 9.17) is 24.0 Å². The quantitative estimate of drug-likeness (QED) is 0.203. The molecule has 41 heavy (non-hydrogen) atoms. The molecule has 16 heteroatoms.